The Labute approximate surface area is 138 Å². The van der Waals surface area contributed by atoms with Gasteiger partial charge in [-0.3, -0.25) is 9.59 Å². The predicted molar refractivity (Wildman–Crippen MR) is 86.8 cm³/mol. The van der Waals surface area contributed by atoms with Crippen LogP contribution in [0.3, 0.4) is 0 Å². The molecule has 1 atom stereocenters. The molecule has 22 heavy (non-hydrogen) atoms. The molecule has 0 aliphatic rings. The molecule has 0 aliphatic heterocycles. The molecule has 4 nitrogen and oxygen atoms in total. The summed E-state index contributed by atoms with van der Waals surface area (Å²) < 4.78 is 18.6. The average Bonchev–Trinajstić information content (AvgIpc) is 2.41. The summed E-state index contributed by atoms with van der Waals surface area (Å²) in [6, 6.07) is 2.54. The summed E-state index contributed by atoms with van der Waals surface area (Å²) in [5, 5.41) is 2.20. The quantitative estimate of drug-likeness (QED) is 0.657. The molecule has 1 rings (SSSR count). The monoisotopic (exact) mass is 347 g/mol. The van der Waals surface area contributed by atoms with Crippen LogP contribution in [-0.4, -0.2) is 24.2 Å². The third-order valence-electron chi connectivity index (χ3n) is 2.79. The molecule has 0 heterocycles. The Bertz CT molecular complexity index is 587. The molecule has 1 amide bonds. The SMILES string of the molecule is COC(=O)C(C)Sc1cc(NC(=O)C(C)(C)C)c(F)cc1Cl. The fourth-order valence-corrected chi connectivity index (χ4v) is 2.64. The smallest absolute Gasteiger partial charge is 0.318 e. The Morgan fingerprint density at radius 1 is 1.36 bits per heavy atom. The molecule has 7 heteroatoms. The Morgan fingerprint density at radius 2 is 1.95 bits per heavy atom. The first kappa shape index (κ1) is 18.8. The van der Waals surface area contributed by atoms with E-state index >= 15 is 0 Å². The number of amides is 1. The van der Waals surface area contributed by atoms with E-state index in [0.717, 1.165) is 17.8 Å². The highest BCUT2D eigenvalue weighted by molar-refractivity contribution is 8.00. The van der Waals surface area contributed by atoms with E-state index in [1.54, 1.807) is 27.7 Å². The second-order valence-electron chi connectivity index (χ2n) is 5.75. The van der Waals surface area contributed by atoms with Gasteiger partial charge >= 0.3 is 5.97 Å². The van der Waals surface area contributed by atoms with Crippen molar-refractivity contribution in [2.75, 3.05) is 12.4 Å². The Balaban J connectivity index is 3.04. The molecule has 0 aliphatic carbocycles. The Morgan fingerprint density at radius 3 is 2.45 bits per heavy atom. The summed E-state index contributed by atoms with van der Waals surface area (Å²) in [5.41, 5.74) is -0.623. The van der Waals surface area contributed by atoms with Crippen LogP contribution in [0.5, 0.6) is 0 Å². The fourth-order valence-electron chi connectivity index (χ4n) is 1.43. The van der Waals surface area contributed by atoms with Crippen molar-refractivity contribution in [3.05, 3.63) is 23.0 Å². The zero-order chi connectivity index (χ0) is 17.1. The first-order chi connectivity index (χ1) is 10.1. The minimum absolute atomic E-state index is 0.0314. The van der Waals surface area contributed by atoms with Gasteiger partial charge in [-0.25, -0.2) is 4.39 Å². The van der Waals surface area contributed by atoms with Crippen LogP contribution in [0.25, 0.3) is 0 Å². The maximum Gasteiger partial charge on any atom is 0.318 e. The van der Waals surface area contributed by atoms with E-state index in [1.807, 2.05) is 0 Å². The lowest BCUT2D eigenvalue weighted by atomic mass is 9.95. The van der Waals surface area contributed by atoms with Crippen LogP contribution in [-0.2, 0) is 14.3 Å². The van der Waals surface area contributed by atoms with Gasteiger partial charge in [-0.2, -0.15) is 0 Å². The number of thioether (sulfide) groups is 1. The van der Waals surface area contributed by atoms with Crippen LogP contribution in [0, 0.1) is 11.2 Å². The van der Waals surface area contributed by atoms with Crippen LogP contribution in [0.2, 0.25) is 5.02 Å². The molecule has 0 radical (unpaired) electrons. The highest BCUT2D eigenvalue weighted by Gasteiger charge is 2.23. The lowest BCUT2D eigenvalue weighted by Gasteiger charge is -2.19. The highest BCUT2D eigenvalue weighted by Crippen LogP contribution is 2.35. The topological polar surface area (TPSA) is 55.4 Å². The van der Waals surface area contributed by atoms with E-state index in [9.17, 15) is 14.0 Å². The molecule has 1 aromatic carbocycles. The summed E-state index contributed by atoms with van der Waals surface area (Å²) in [7, 11) is 1.29. The maximum atomic E-state index is 13.9. The summed E-state index contributed by atoms with van der Waals surface area (Å²) >= 11 is 7.13. The third-order valence-corrected chi connectivity index (χ3v) is 4.35. The second kappa shape index (κ2) is 7.33. The van der Waals surface area contributed by atoms with Crippen LogP contribution < -0.4 is 5.32 Å². The predicted octanol–water partition coefficient (Wildman–Crippen LogP) is 4.12. The molecule has 0 spiro atoms. The van der Waals surface area contributed by atoms with Crippen molar-refractivity contribution in [1.29, 1.82) is 0 Å². The zero-order valence-corrected chi connectivity index (χ0v) is 14.7. The number of esters is 1. The number of hydrogen-bond acceptors (Lipinski definition) is 4. The molecule has 0 fully saturated rings. The van der Waals surface area contributed by atoms with Crippen molar-refractivity contribution < 1.29 is 18.7 Å². The van der Waals surface area contributed by atoms with E-state index in [2.05, 4.69) is 10.1 Å². The molecule has 122 valence electrons. The molecule has 0 saturated carbocycles. The molecule has 0 aromatic heterocycles. The highest BCUT2D eigenvalue weighted by atomic mass is 35.5. The van der Waals surface area contributed by atoms with Crippen molar-refractivity contribution >= 4 is 40.9 Å². The van der Waals surface area contributed by atoms with Gasteiger partial charge in [0.15, 0.2) is 0 Å². The second-order valence-corrected chi connectivity index (χ2v) is 7.54. The van der Waals surface area contributed by atoms with E-state index < -0.39 is 22.5 Å². The minimum atomic E-state index is -0.654. The van der Waals surface area contributed by atoms with Gasteiger partial charge < -0.3 is 10.1 Å². The number of nitrogens with one attached hydrogen (secondary N) is 1. The first-order valence-corrected chi connectivity index (χ1v) is 7.87. The summed E-state index contributed by atoms with van der Waals surface area (Å²) in [4.78, 5) is 23.9. The Kier molecular flexibility index (Phi) is 6.26. The van der Waals surface area contributed by atoms with Crippen LogP contribution >= 0.6 is 23.4 Å². The summed E-state index contributed by atoms with van der Waals surface area (Å²) in [5.74, 6) is -1.35. The van der Waals surface area contributed by atoms with Crippen molar-refractivity contribution in [2.45, 2.75) is 37.8 Å². The minimum Gasteiger partial charge on any atom is -0.468 e. The van der Waals surface area contributed by atoms with Gasteiger partial charge in [0.05, 0.1) is 17.8 Å². The largest absolute Gasteiger partial charge is 0.468 e. The van der Waals surface area contributed by atoms with Gasteiger partial charge in [0.2, 0.25) is 5.91 Å². The van der Waals surface area contributed by atoms with Crippen LogP contribution in [0.4, 0.5) is 10.1 Å². The average molecular weight is 348 g/mol. The standard InChI is InChI=1S/C15H19ClFNO3S/c1-8(13(19)21-5)22-12-7-11(10(17)6-9(12)16)18-14(20)15(2,3)4/h6-8H,1-5H3,(H,18,20). The number of methoxy groups -OCH3 is 1. The number of carbonyl (C=O) groups excluding carboxylic acids is 2. The number of anilines is 1. The third kappa shape index (κ3) is 4.88. The number of hydrogen-bond donors (Lipinski definition) is 1. The zero-order valence-electron chi connectivity index (χ0n) is 13.1. The molecular weight excluding hydrogens is 329 g/mol. The number of halogens is 2. The lowest BCUT2D eigenvalue weighted by Crippen LogP contribution is -2.28. The maximum absolute atomic E-state index is 13.9. The number of carbonyl (C=O) groups is 2. The first-order valence-electron chi connectivity index (χ1n) is 6.61. The number of benzene rings is 1. The number of rotatable bonds is 4. The van der Waals surface area contributed by atoms with E-state index in [0.29, 0.717) is 4.90 Å². The van der Waals surface area contributed by atoms with Gasteiger partial charge in [0, 0.05) is 10.3 Å². The van der Waals surface area contributed by atoms with Crippen LogP contribution in [0.15, 0.2) is 17.0 Å². The molecule has 0 saturated heterocycles. The van der Waals surface area contributed by atoms with Crippen molar-refractivity contribution in [1.82, 2.24) is 0 Å². The van der Waals surface area contributed by atoms with Crippen molar-refractivity contribution in [2.24, 2.45) is 5.41 Å². The summed E-state index contributed by atoms with van der Waals surface area (Å²) in [6.45, 7) is 6.84. The molecule has 1 N–H and O–H groups in total. The van der Waals surface area contributed by atoms with E-state index in [4.69, 9.17) is 11.6 Å². The van der Waals surface area contributed by atoms with Gasteiger partial charge in [-0.15, -0.1) is 11.8 Å². The molecule has 1 aromatic rings. The molecule has 0 bridgehead atoms. The van der Waals surface area contributed by atoms with Gasteiger partial charge in [0.1, 0.15) is 11.1 Å². The Hall–Kier alpha value is -1.27. The summed E-state index contributed by atoms with van der Waals surface area (Å²) in [6.07, 6.45) is 0. The van der Waals surface area contributed by atoms with Gasteiger partial charge in [-0.1, -0.05) is 32.4 Å². The normalized spacial score (nSPS) is 12.7. The van der Waals surface area contributed by atoms with Crippen molar-refractivity contribution in [3.63, 3.8) is 0 Å². The van der Waals surface area contributed by atoms with Gasteiger partial charge in [-0.05, 0) is 19.1 Å². The molecular formula is C15H19ClFNO3S. The fraction of sp³-hybridized carbons (Fsp3) is 0.467. The van der Waals surface area contributed by atoms with Crippen LogP contribution in [0.1, 0.15) is 27.7 Å². The van der Waals surface area contributed by atoms with Crippen molar-refractivity contribution in [3.8, 4) is 0 Å². The lowest BCUT2D eigenvalue weighted by molar-refractivity contribution is -0.139. The van der Waals surface area contributed by atoms with Gasteiger partial charge in [0.25, 0.3) is 0 Å². The van der Waals surface area contributed by atoms with E-state index in [1.165, 1.54) is 13.2 Å². The number of ether oxygens (including phenoxy) is 1. The van der Waals surface area contributed by atoms with E-state index in [-0.39, 0.29) is 16.6 Å². The molecule has 1 unspecified atom stereocenters.